The topological polar surface area (TPSA) is 56.0 Å². The summed E-state index contributed by atoms with van der Waals surface area (Å²) in [5, 5.41) is 21.2. The monoisotopic (exact) mass is 198 g/mol. The van der Waals surface area contributed by atoms with Crippen molar-refractivity contribution in [2.45, 2.75) is 52.7 Å². The molecule has 0 saturated carbocycles. The zero-order valence-electron chi connectivity index (χ0n) is 9.67. The summed E-state index contributed by atoms with van der Waals surface area (Å²) in [7, 11) is 0. The van der Waals surface area contributed by atoms with Gasteiger partial charge >= 0.3 is 0 Å². The lowest BCUT2D eigenvalue weighted by Gasteiger charge is -2.19. The van der Waals surface area contributed by atoms with E-state index in [1.54, 1.807) is 6.92 Å². The molecule has 0 bridgehead atoms. The van der Waals surface area contributed by atoms with E-state index in [-0.39, 0.29) is 11.5 Å². The molecule has 0 saturated heterocycles. The van der Waals surface area contributed by atoms with Crippen molar-refractivity contribution in [2.75, 3.05) is 6.54 Å². The largest absolute Gasteiger partial charge is 0.393 e. The lowest BCUT2D eigenvalue weighted by molar-refractivity contribution is 0.170. The minimum Gasteiger partial charge on any atom is -0.393 e. The molecule has 0 aliphatic carbocycles. The van der Waals surface area contributed by atoms with E-state index < -0.39 is 0 Å². The van der Waals surface area contributed by atoms with Crippen molar-refractivity contribution in [3.05, 3.63) is 0 Å². The van der Waals surface area contributed by atoms with Crippen LogP contribution in [0.5, 0.6) is 0 Å². The summed E-state index contributed by atoms with van der Waals surface area (Å²) in [6, 6.07) is 2.58. The van der Waals surface area contributed by atoms with Crippen molar-refractivity contribution in [3.63, 3.8) is 0 Å². The Labute approximate surface area is 87.1 Å². The van der Waals surface area contributed by atoms with Crippen LogP contribution in [0.15, 0.2) is 0 Å². The van der Waals surface area contributed by atoms with E-state index in [4.69, 9.17) is 10.4 Å². The van der Waals surface area contributed by atoms with Crippen LogP contribution in [0.2, 0.25) is 0 Å². The number of aliphatic hydroxyl groups excluding tert-OH is 1. The van der Waals surface area contributed by atoms with Crippen LogP contribution in [0, 0.1) is 16.7 Å². The smallest absolute Gasteiger partial charge is 0.0684 e. The average Bonchev–Trinajstić information content (AvgIpc) is 2.02. The summed E-state index contributed by atoms with van der Waals surface area (Å²) in [5.41, 5.74) is -0.252. The van der Waals surface area contributed by atoms with Crippen LogP contribution in [-0.2, 0) is 0 Å². The lowest BCUT2D eigenvalue weighted by Crippen LogP contribution is -2.31. The molecule has 2 unspecified atom stereocenters. The van der Waals surface area contributed by atoms with Gasteiger partial charge in [-0.25, -0.2) is 0 Å². The van der Waals surface area contributed by atoms with Gasteiger partial charge in [0, 0.05) is 6.04 Å². The van der Waals surface area contributed by atoms with Gasteiger partial charge in [-0.05, 0) is 47.1 Å². The molecular weight excluding hydrogens is 176 g/mol. The van der Waals surface area contributed by atoms with Crippen molar-refractivity contribution < 1.29 is 5.11 Å². The van der Waals surface area contributed by atoms with Crippen molar-refractivity contribution in [3.8, 4) is 6.07 Å². The maximum Gasteiger partial charge on any atom is 0.0684 e. The number of aliphatic hydroxyl groups is 1. The Morgan fingerprint density at radius 2 is 2.00 bits per heavy atom. The highest BCUT2D eigenvalue weighted by atomic mass is 16.3. The van der Waals surface area contributed by atoms with Gasteiger partial charge in [-0.3, -0.25) is 0 Å². The van der Waals surface area contributed by atoms with Crippen LogP contribution in [0.1, 0.15) is 40.5 Å². The van der Waals surface area contributed by atoms with Crippen LogP contribution in [0.4, 0.5) is 0 Å². The number of hydrogen-bond donors (Lipinski definition) is 2. The van der Waals surface area contributed by atoms with Gasteiger partial charge in [0.15, 0.2) is 0 Å². The molecule has 0 spiro atoms. The second-order valence-corrected chi connectivity index (χ2v) is 4.69. The predicted molar refractivity (Wildman–Crippen MR) is 57.8 cm³/mol. The standard InChI is InChI=1S/C11H22N2O/c1-9(7-10(2)14)13-6-5-11(3,4)8-12/h9-10,13-14H,5-7H2,1-4H3. The second kappa shape index (κ2) is 6.00. The van der Waals surface area contributed by atoms with Gasteiger partial charge < -0.3 is 10.4 Å². The van der Waals surface area contributed by atoms with Gasteiger partial charge in [0.05, 0.1) is 17.6 Å². The molecule has 0 aromatic carbocycles. The summed E-state index contributed by atoms with van der Waals surface area (Å²) in [6.45, 7) is 8.54. The molecule has 3 heteroatoms. The SMILES string of the molecule is CC(O)CC(C)NCCC(C)(C)C#N. The highest BCUT2D eigenvalue weighted by Crippen LogP contribution is 2.17. The summed E-state index contributed by atoms with van der Waals surface area (Å²) < 4.78 is 0. The van der Waals surface area contributed by atoms with Crippen LogP contribution in [-0.4, -0.2) is 23.8 Å². The Kier molecular flexibility index (Phi) is 5.75. The van der Waals surface area contributed by atoms with E-state index in [2.05, 4.69) is 11.4 Å². The Morgan fingerprint density at radius 3 is 2.43 bits per heavy atom. The van der Waals surface area contributed by atoms with Gasteiger partial charge in [0.1, 0.15) is 0 Å². The minimum absolute atomic E-state index is 0.252. The Morgan fingerprint density at radius 1 is 1.43 bits per heavy atom. The fourth-order valence-corrected chi connectivity index (χ4v) is 1.28. The van der Waals surface area contributed by atoms with Crippen LogP contribution >= 0.6 is 0 Å². The molecule has 0 aromatic heterocycles. The van der Waals surface area contributed by atoms with Gasteiger partial charge in [-0.15, -0.1) is 0 Å². The lowest BCUT2D eigenvalue weighted by atomic mass is 9.91. The quantitative estimate of drug-likeness (QED) is 0.682. The fourth-order valence-electron chi connectivity index (χ4n) is 1.28. The predicted octanol–water partition coefficient (Wildman–Crippen LogP) is 1.68. The molecule has 0 heterocycles. The minimum atomic E-state index is -0.263. The first-order valence-electron chi connectivity index (χ1n) is 5.20. The summed E-state index contributed by atoms with van der Waals surface area (Å²) >= 11 is 0. The normalized spacial score (nSPS) is 16.0. The molecule has 0 amide bonds. The number of rotatable bonds is 6. The van der Waals surface area contributed by atoms with Crippen LogP contribution in [0.3, 0.4) is 0 Å². The molecular formula is C11H22N2O. The second-order valence-electron chi connectivity index (χ2n) is 4.69. The van der Waals surface area contributed by atoms with E-state index in [0.717, 1.165) is 19.4 Å². The van der Waals surface area contributed by atoms with E-state index >= 15 is 0 Å². The third-order valence-corrected chi connectivity index (χ3v) is 2.24. The van der Waals surface area contributed by atoms with E-state index in [0.29, 0.717) is 6.04 Å². The van der Waals surface area contributed by atoms with Crippen molar-refractivity contribution in [1.29, 1.82) is 5.26 Å². The van der Waals surface area contributed by atoms with E-state index in [1.807, 2.05) is 20.8 Å². The van der Waals surface area contributed by atoms with Gasteiger partial charge in [-0.1, -0.05) is 0 Å². The Balaban J connectivity index is 3.60. The Hall–Kier alpha value is -0.590. The zero-order chi connectivity index (χ0) is 11.2. The van der Waals surface area contributed by atoms with Gasteiger partial charge in [0.2, 0.25) is 0 Å². The molecule has 0 aromatic rings. The molecule has 0 aliphatic heterocycles. The van der Waals surface area contributed by atoms with E-state index in [1.165, 1.54) is 0 Å². The highest BCUT2D eigenvalue weighted by Gasteiger charge is 2.16. The molecule has 0 rings (SSSR count). The Bertz CT molecular complexity index is 194. The zero-order valence-corrected chi connectivity index (χ0v) is 9.67. The van der Waals surface area contributed by atoms with Gasteiger partial charge in [-0.2, -0.15) is 5.26 Å². The molecule has 0 fully saturated rings. The molecule has 2 atom stereocenters. The van der Waals surface area contributed by atoms with Gasteiger partial charge in [0.25, 0.3) is 0 Å². The summed E-state index contributed by atoms with van der Waals surface area (Å²) in [6.07, 6.45) is 1.34. The summed E-state index contributed by atoms with van der Waals surface area (Å²) in [5.74, 6) is 0. The number of nitrogens with one attached hydrogen (secondary N) is 1. The highest BCUT2D eigenvalue weighted by molar-refractivity contribution is 4.91. The first-order chi connectivity index (χ1) is 6.37. The van der Waals surface area contributed by atoms with Crippen molar-refractivity contribution in [2.24, 2.45) is 5.41 Å². The first-order valence-corrected chi connectivity index (χ1v) is 5.20. The fraction of sp³-hybridized carbons (Fsp3) is 0.909. The molecule has 82 valence electrons. The molecule has 14 heavy (non-hydrogen) atoms. The molecule has 3 nitrogen and oxygen atoms in total. The number of nitriles is 1. The van der Waals surface area contributed by atoms with Crippen LogP contribution in [0.25, 0.3) is 0 Å². The average molecular weight is 198 g/mol. The van der Waals surface area contributed by atoms with Crippen LogP contribution < -0.4 is 5.32 Å². The maximum absolute atomic E-state index is 9.14. The van der Waals surface area contributed by atoms with E-state index in [9.17, 15) is 0 Å². The molecule has 0 radical (unpaired) electrons. The third kappa shape index (κ3) is 6.88. The van der Waals surface area contributed by atoms with Crippen molar-refractivity contribution in [1.82, 2.24) is 5.32 Å². The first kappa shape index (κ1) is 13.4. The molecule has 2 N–H and O–H groups in total. The summed E-state index contributed by atoms with van der Waals surface area (Å²) in [4.78, 5) is 0. The maximum atomic E-state index is 9.14. The van der Waals surface area contributed by atoms with Crippen molar-refractivity contribution >= 4 is 0 Å². The molecule has 0 aliphatic rings. The third-order valence-electron chi connectivity index (χ3n) is 2.24. The number of hydrogen-bond acceptors (Lipinski definition) is 3. The number of nitrogens with zero attached hydrogens (tertiary/aromatic N) is 1.